The number of sulfonamides is 1. The zero-order valence-electron chi connectivity index (χ0n) is 11.3. The van der Waals surface area contributed by atoms with Crippen LogP contribution < -0.4 is 5.73 Å². The third-order valence-electron chi connectivity index (χ3n) is 4.03. The van der Waals surface area contributed by atoms with Crippen molar-refractivity contribution in [3.8, 4) is 0 Å². The molecule has 1 amide bonds. The zero-order valence-corrected chi connectivity index (χ0v) is 13.7. The number of nitrogen functional groups attached to an aromatic ring is 1. The fourth-order valence-corrected chi connectivity index (χ4v) is 5.44. The number of hydrogen-bond donors (Lipinski definition) is 1. The molecule has 3 rings (SSSR count). The maximum absolute atomic E-state index is 12.7. The second-order valence-corrected chi connectivity index (χ2v) is 8.09. The van der Waals surface area contributed by atoms with Crippen molar-refractivity contribution in [1.29, 1.82) is 0 Å². The third kappa shape index (κ3) is 2.56. The number of anilines is 1. The van der Waals surface area contributed by atoms with Crippen molar-refractivity contribution in [3.05, 3.63) is 22.7 Å². The monoisotopic (exact) mass is 373 g/mol. The van der Waals surface area contributed by atoms with Crippen molar-refractivity contribution in [3.63, 3.8) is 0 Å². The summed E-state index contributed by atoms with van der Waals surface area (Å²) in [6.45, 7) is 1.17. The molecular formula is C13H16BrN3O3S. The average Bonchev–Trinajstić information content (AvgIpc) is 2.79. The number of halogens is 1. The molecule has 2 N–H and O–H groups in total. The summed E-state index contributed by atoms with van der Waals surface area (Å²) >= 11 is 3.27. The van der Waals surface area contributed by atoms with E-state index >= 15 is 0 Å². The molecule has 21 heavy (non-hydrogen) atoms. The van der Waals surface area contributed by atoms with Crippen LogP contribution in [0.5, 0.6) is 0 Å². The van der Waals surface area contributed by atoms with Crippen LogP contribution in [0.4, 0.5) is 5.69 Å². The van der Waals surface area contributed by atoms with E-state index in [9.17, 15) is 13.2 Å². The average molecular weight is 374 g/mol. The van der Waals surface area contributed by atoms with Crippen LogP contribution in [0.2, 0.25) is 0 Å². The maximum Gasteiger partial charge on any atom is 0.244 e. The first-order chi connectivity index (χ1) is 9.89. The summed E-state index contributed by atoms with van der Waals surface area (Å²) in [5, 5.41) is 0. The highest BCUT2D eigenvalue weighted by Gasteiger charge is 2.39. The first kappa shape index (κ1) is 14.8. The SMILES string of the molecule is Nc1ccc(S(=O)(=O)N2CCN3C(=O)CCC3C2)c(Br)c1. The molecule has 0 radical (unpaired) electrons. The highest BCUT2D eigenvalue weighted by atomic mass is 79.9. The van der Waals surface area contributed by atoms with E-state index < -0.39 is 10.0 Å². The van der Waals surface area contributed by atoms with Gasteiger partial charge in [0.05, 0.1) is 4.90 Å². The summed E-state index contributed by atoms with van der Waals surface area (Å²) < 4.78 is 27.4. The lowest BCUT2D eigenvalue weighted by Gasteiger charge is -2.36. The van der Waals surface area contributed by atoms with Crippen molar-refractivity contribution in [2.45, 2.75) is 23.8 Å². The molecule has 6 nitrogen and oxygen atoms in total. The molecule has 2 heterocycles. The van der Waals surface area contributed by atoms with Crippen molar-refractivity contribution in [2.24, 2.45) is 0 Å². The van der Waals surface area contributed by atoms with Gasteiger partial charge in [0.1, 0.15) is 0 Å². The first-order valence-corrected chi connectivity index (χ1v) is 8.97. The molecule has 114 valence electrons. The normalized spacial score (nSPS) is 23.4. The molecule has 0 bridgehead atoms. The molecule has 1 atom stereocenters. The summed E-state index contributed by atoms with van der Waals surface area (Å²) in [5.41, 5.74) is 6.16. The lowest BCUT2D eigenvalue weighted by Crippen LogP contribution is -2.53. The molecular weight excluding hydrogens is 358 g/mol. The molecule has 0 aromatic heterocycles. The van der Waals surface area contributed by atoms with Crippen LogP contribution in [0.25, 0.3) is 0 Å². The summed E-state index contributed by atoms with van der Waals surface area (Å²) in [6, 6.07) is 4.68. The molecule has 0 spiro atoms. The Hall–Kier alpha value is -1.12. The van der Waals surface area contributed by atoms with E-state index in [4.69, 9.17) is 5.73 Å². The number of benzene rings is 1. The second-order valence-electron chi connectivity index (χ2n) is 5.33. The van der Waals surface area contributed by atoms with Gasteiger partial charge >= 0.3 is 0 Å². The predicted molar refractivity (Wildman–Crippen MR) is 82.0 cm³/mol. The number of amides is 1. The molecule has 0 aliphatic carbocycles. The fraction of sp³-hybridized carbons (Fsp3) is 0.462. The Balaban J connectivity index is 1.87. The first-order valence-electron chi connectivity index (χ1n) is 6.74. The van der Waals surface area contributed by atoms with Gasteiger partial charge in [0, 0.05) is 42.3 Å². The second kappa shape index (κ2) is 5.26. The van der Waals surface area contributed by atoms with E-state index in [2.05, 4.69) is 15.9 Å². The van der Waals surface area contributed by atoms with Gasteiger partial charge in [-0.3, -0.25) is 4.79 Å². The van der Waals surface area contributed by atoms with Crippen molar-refractivity contribution < 1.29 is 13.2 Å². The molecule has 2 aliphatic rings. The smallest absolute Gasteiger partial charge is 0.244 e. The van der Waals surface area contributed by atoms with E-state index in [0.29, 0.717) is 36.2 Å². The van der Waals surface area contributed by atoms with E-state index in [-0.39, 0.29) is 16.8 Å². The number of rotatable bonds is 2. The van der Waals surface area contributed by atoms with Crippen molar-refractivity contribution in [1.82, 2.24) is 9.21 Å². The largest absolute Gasteiger partial charge is 0.399 e. The van der Waals surface area contributed by atoms with Gasteiger partial charge < -0.3 is 10.6 Å². The van der Waals surface area contributed by atoms with Gasteiger partial charge in [-0.05, 0) is 40.5 Å². The molecule has 1 unspecified atom stereocenters. The highest BCUT2D eigenvalue weighted by molar-refractivity contribution is 9.10. The van der Waals surface area contributed by atoms with E-state index in [1.54, 1.807) is 17.0 Å². The molecule has 0 saturated carbocycles. The van der Waals surface area contributed by atoms with Crippen LogP contribution in [0.15, 0.2) is 27.6 Å². The molecule has 2 fully saturated rings. The Kier molecular flexibility index (Phi) is 3.71. The molecule has 2 saturated heterocycles. The summed E-state index contributed by atoms with van der Waals surface area (Å²) in [6.07, 6.45) is 1.25. The van der Waals surface area contributed by atoms with Crippen LogP contribution in [-0.4, -0.2) is 49.2 Å². The van der Waals surface area contributed by atoms with Crippen LogP contribution in [0, 0.1) is 0 Å². The van der Waals surface area contributed by atoms with Gasteiger partial charge in [-0.15, -0.1) is 0 Å². The minimum Gasteiger partial charge on any atom is -0.399 e. The standard InChI is InChI=1S/C13H16BrN3O3S/c14-11-7-9(15)1-3-12(11)21(19,20)16-5-6-17-10(8-16)2-4-13(17)18/h1,3,7,10H,2,4-6,8,15H2. The molecule has 8 heteroatoms. The van der Waals surface area contributed by atoms with Gasteiger partial charge in [-0.25, -0.2) is 8.42 Å². The quantitative estimate of drug-likeness (QED) is 0.784. The summed E-state index contributed by atoms with van der Waals surface area (Å²) in [4.78, 5) is 13.7. The fourth-order valence-electron chi connectivity index (χ4n) is 2.92. The van der Waals surface area contributed by atoms with Crippen LogP contribution in [-0.2, 0) is 14.8 Å². The van der Waals surface area contributed by atoms with Gasteiger partial charge in [-0.1, -0.05) is 0 Å². The number of nitrogens with zero attached hydrogens (tertiary/aromatic N) is 2. The Bertz CT molecular complexity index is 692. The molecule has 1 aromatic carbocycles. The maximum atomic E-state index is 12.7. The summed E-state index contributed by atoms with van der Waals surface area (Å²) in [7, 11) is -3.57. The minimum atomic E-state index is -3.57. The number of nitrogens with two attached hydrogens (primary N) is 1. The van der Waals surface area contributed by atoms with Crippen molar-refractivity contribution >= 4 is 37.5 Å². The number of piperazine rings is 1. The third-order valence-corrected chi connectivity index (χ3v) is 6.87. The molecule has 2 aliphatic heterocycles. The Morgan fingerprint density at radius 2 is 2.05 bits per heavy atom. The topological polar surface area (TPSA) is 83.7 Å². The minimum absolute atomic E-state index is 0.00795. The Morgan fingerprint density at radius 3 is 2.76 bits per heavy atom. The zero-order chi connectivity index (χ0) is 15.2. The predicted octanol–water partition coefficient (Wildman–Crippen LogP) is 1.03. The lowest BCUT2D eigenvalue weighted by molar-refractivity contribution is -0.130. The number of hydrogen-bond acceptors (Lipinski definition) is 4. The van der Waals surface area contributed by atoms with Crippen molar-refractivity contribution in [2.75, 3.05) is 25.4 Å². The van der Waals surface area contributed by atoms with E-state index in [0.717, 1.165) is 6.42 Å². The molecule has 1 aromatic rings. The number of carbonyl (C=O) groups is 1. The Labute approximate surface area is 132 Å². The van der Waals surface area contributed by atoms with E-state index in [1.165, 1.54) is 10.4 Å². The number of fused-ring (bicyclic) bond motifs is 1. The van der Waals surface area contributed by atoms with Gasteiger partial charge in [0.15, 0.2) is 0 Å². The van der Waals surface area contributed by atoms with Gasteiger partial charge in [0.2, 0.25) is 15.9 Å². The van der Waals surface area contributed by atoms with E-state index in [1.807, 2.05) is 0 Å². The lowest BCUT2D eigenvalue weighted by atomic mass is 10.2. The van der Waals surface area contributed by atoms with Crippen LogP contribution in [0.3, 0.4) is 0 Å². The number of carbonyl (C=O) groups excluding carboxylic acids is 1. The summed E-state index contributed by atoms with van der Waals surface area (Å²) in [5.74, 6) is 0.130. The van der Waals surface area contributed by atoms with Gasteiger partial charge in [0.25, 0.3) is 0 Å². The Morgan fingerprint density at radius 1 is 1.29 bits per heavy atom. The van der Waals surface area contributed by atoms with Gasteiger partial charge in [-0.2, -0.15) is 4.31 Å². The van der Waals surface area contributed by atoms with Crippen LogP contribution in [0.1, 0.15) is 12.8 Å². The van der Waals surface area contributed by atoms with Crippen LogP contribution >= 0.6 is 15.9 Å². The highest BCUT2D eigenvalue weighted by Crippen LogP contribution is 2.30.